The Hall–Kier alpha value is -1.30. The molecule has 1 heterocycles. The molecule has 110 valence electrons. The number of carbonyl (C=O) groups excluding carboxylic acids is 1. The van der Waals surface area contributed by atoms with E-state index in [1.807, 2.05) is 12.1 Å². The number of ether oxygens (including phenoxy) is 2. The molecule has 0 saturated carbocycles. The van der Waals surface area contributed by atoms with Gasteiger partial charge in [-0.1, -0.05) is 17.7 Å². The molecule has 5 nitrogen and oxygen atoms in total. The van der Waals surface area contributed by atoms with Crippen LogP contribution in [0, 0.1) is 0 Å². The molecule has 1 amide bonds. The van der Waals surface area contributed by atoms with E-state index in [0.717, 1.165) is 0 Å². The molecular formula is C14H19ClN2O3. The van der Waals surface area contributed by atoms with Gasteiger partial charge in [0.25, 0.3) is 0 Å². The van der Waals surface area contributed by atoms with Crippen LogP contribution in [-0.4, -0.2) is 49.8 Å². The molecule has 1 aromatic rings. The summed E-state index contributed by atoms with van der Waals surface area (Å²) in [5, 5.41) is 0.621. The zero-order valence-electron chi connectivity index (χ0n) is 11.5. The van der Waals surface area contributed by atoms with Crippen molar-refractivity contribution in [2.45, 2.75) is 12.0 Å². The van der Waals surface area contributed by atoms with Crippen LogP contribution in [-0.2, 0) is 9.53 Å². The van der Waals surface area contributed by atoms with Crippen LogP contribution in [0.1, 0.15) is 6.42 Å². The summed E-state index contributed by atoms with van der Waals surface area (Å²) < 4.78 is 10.8. The van der Waals surface area contributed by atoms with Crippen LogP contribution in [0.3, 0.4) is 0 Å². The van der Waals surface area contributed by atoms with Crippen LogP contribution >= 0.6 is 11.6 Å². The first-order valence-corrected chi connectivity index (χ1v) is 6.90. The van der Waals surface area contributed by atoms with E-state index in [4.69, 9.17) is 26.8 Å². The monoisotopic (exact) mass is 298 g/mol. The number of benzene rings is 1. The maximum Gasteiger partial charge on any atom is 0.245 e. The Bertz CT molecular complexity index is 475. The fourth-order valence-electron chi connectivity index (χ4n) is 2.09. The van der Waals surface area contributed by atoms with Gasteiger partial charge in [-0.3, -0.25) is 4.79 Å². The molecular weight excluding hydrogens is 280 g/mol. The summed E-state index contributed by atoms with van der Waals surface area (Å²) in [4.78, 5) is 13.8. The molecule has 0 radical (unpaired) electrons. The molecule has 0 aromatic heterocycles. The predicted molar refractivity (Wildman–Crippen MR) is 76.9 cm³/mol. The van der Waals surface area contributed by atoms with Crippen molar-refractivity contribution in [2.75, 3.05) is 33.4 Å². The van der Waals surface area contributed by atoms with Gasteiger partial charge >= 0.3 is 0 Å². The molecule has 1 saturated heterocycles. The molecule has 0 spiro atoms. The number of carbonyl (C=O) groups is 1. The second-order valence-corrected chi connectivity index (χ2v) is 5.43. The first kappa shape index (κ1) is 15.1. The number of likely N-dealkylation sites (N-methyl/N-ethyl adjacent to an activating group) is 1. The number of nitrogens with zero attached hydrogens (tertiary/aromatic N) is 1. The molecule has 1 aliphatic heterocycles. The summed E-state index contributed by atoms with van der Waals surface area (Å²) in [6, 6.07) is 7.15. The van der Waals surface area contributed by atoms with Crippen LogP contribution in [0.15, 0.2) is 24.3 Å². The molecule has 1 aromatic carbocycles. The maximum absolute atomic E-state index is 12.2. The Morgan fingerprint density at radius 3 is 3.05 bits per heavy atom. The van der Waals surface area contributed by atoms with Gasteiger partial charge in [0.2, 0.25) is 5.91 Å². The number of amides is 1. The van der Waals surface area contributed by atoms with Crippen LogP contribution in [0.4, 0.5) is 0 Å². The smallest absolute Gasteiger partial charge is 0.245 e. The molecule has 0 aliphatic carbocycles. The number of nitrogens with two attached hydrogens (primary N) is 1. The molecule has 6 heteroatoms. The average Bonchev–Trinajstić information content (AvgIpc) is 2.86. The highest BCUT2D eigenvalue weighted by atomic mass is 35.5. The van der Waals surface area contributed by atoms with Crippen LogP contribution < -0.4 is 10.5 Å². The lowest BCUT2D eigenvalue weighted by molar-refractivity contribution is -0.136. The van der Waals surface area contributed by atoms with Crippen molar-refractivity contribution < 1.29 is 14.3 Å². The summed E-state index contributed by atoms with van der Waals surface area (Å²) in [6.07, 6.45) is 0.561. The van der Waals surface area contributed by atoms with Crippen molar-refractivity contribution in [3.63, 3.8) is 0 Å². The second kappa shape index (κ2) is 6.43. The third-order valence-corrected chi connectivity index (χ3v) is 3.55. The predicted octanol–water partition coefficient (Wildman–Crippen LogP) is 1.29. The maximum atomic E-state index is 12.2. The minimum atomic E-state index is -0.884. The van der Waals surface area contributed by atoms with Gasteiger partial charge in [0, 0.05) is 18.7 Å². The van der Waals surface area contributed by atoms with Gasteiger partial charge in [-0.25, -0.2) is 0 Å². The Kier molecular flexibility index (Phi) is 4.86. The Labute approximate surface area is 123 Å². The Morgan fingerprint density at radius 2 is 2.40 bits per heavy atom. The molecule has 1 unspecified atom stereocenters. The molecule has 2 N–H and O–H groups in total. The van der Waals surface area contributed by atoms with Crippen molar-refractivity contribution in [1.29, 1.82) is 0 Å². The lowest BCUT2D eigenvalue weighted by Gasteiger charge is -2.27. The van der Waals surface area contributed by atoms with Crippen molar-refractivity contribution >= 4 is 17.5 Å². The summed E-state index contributed by atoms with van der Waals surface area (Å²) in [5.74, 6) is 0.578. The van der Waals surface area contributed by atoms with Gasteiger partial charge < -0.3 is 20.1 Å². The highest BCUT2D eigenvalue weighted by molar-refractivity contribution is 6.30. The second-order valence-electron chi connectivity index (χ2n) is 4.99. The van der Waals surface area contributed by atoms with Gasteiger partial charge in [-0.15, -0.1) is 0 Å². The van der Waals surface area contributed by atoms with Crippen LogP contribution in [0.2, 0.25) is 5.02 Å². The summed E-state index contributed by atoms with van der Waals surface area (Å²) in [7, 11) is 1.72. The number of halogens is 1. The lowest BCUT2D eigenvalue weighted by Crippen LogP contribution is -2.55. The van der Waals surface area contributed by atoms with E-state index in [1.165, 1.54) is 0 Å². The summed E-state index contributed by atoms with van der Waals surface area (Å²) in [5.41, 5.74) is 5.15. The molecule has 1 fully saturated rings. The van der Waals surface area contributed by atoms with E-state index in [9.17, 15) is 4.79 Å². The van der Waals surface area contributed by atoms with E-state index in [0.29, 0.717) is 37.0 Å². The summed E-state index contributed by atoms with van der Waals surface area (Å²) in [6.45, 7) is 1.67. The van der Waals surface area contributed by atoms with E-state index in [1.54, 1.807) is 24.1 Å². The van der Waals surface area contributed by atoms with E-state index >= 15 is 0 Å². The third kappa shape index (κ3) is 3.62. The normalized spacial score (nSPS) is 21.8. The van der Waals surface area contributed by atoms with E-state index < -0.39 is 5.54 Å². The summed E-state index contributed by atoms with van der Waals surface area (Å²) >= 11 is 5.87. The first-order chi connectivity index (χ1) is 9.51. The molecule has 1 aliphatic rings. The quantitative estimate of drug-likeness (QED) is 0.890. The topological polar surface area (TPSA) is 64.8 Å². The molecule has 2 rings (SSSR count). The minimum Gasteiger partial charge on any atom is -0.492 e. The van der Waals surface area contributed by atoms with E-state index in [2.05, 4.69) is 0 Å². The molecule has 0 bridgehead atoms. The van der Waals surface area contributed by atoms with Gasteiger partial charge in [-0.2, -0.15) is 0 Å². The van der Waals surface area contributed by atoms with Gasteiger partial charge in [0.15, 0.2) is 0 Å². The highest BCUT2D eigenvalue weighted by Crippen LogP contribution is 2.19. The van der Waals surface area contributed by atoms with Gasteiger partial charge in [0.1, 0.15) is 17.9 Å². The Balaban J connectivity index is 1.80. The van der Waals surface area contributed by atoms with Crippen LogP contribution in [0.5, 0.6) is 5.75 Å². The largest absolute Gasteiger partial charge is 0.492 e. The van der Waals surface area contributed by atoms with Crippen molar-refractivity contribution in [1.82, 2.24) is 4.90 Å². The number of rotatable bonds is 5. The molecule has 20 heavy (non-hydrogen) atoms. The third-order valence-electron chi connectivity index (χ3n) is 3.32. The van der Waals surface area contributed by atoms with Crippen LogP contribution in [0.25, 0.3) is 0 Å². The van der Waals surface area contributed by atoms with Gasteiger partial charge in [-0.05, 0) is 24.6 Å². The molecule has 1 atom stereocenters. The van der Waals surface area contributed by atoms with Gasteiger partial charge in [0.05, 0.1) is 13.2 Å². The Morgan fingerprint density at radius 1 is 1.60 bits per heavy atom. The average molecular weight is 299 g/mol. The minimum absolute atomic E-state index is 0.107. The number of hydrogen-bond donors (Lipinski definition) is 1. The lowest BCUT2D eigenvalue weighted by atomic mass is 9.99. The SMILES string of the molecule is CN(CCOc1cccc(Cl)c1)C(=O)C1(N)CCOC1. The van der Waals surface area contributed by atoms with Crippen molar-refractivity contribution in [3.05, 3.63) is 29.3 Å². The fourth-order valence-corrected chi connectivity index (χ4v) is 2.27. The zero-order chi connectivity index (χ0) is 14.6. The number of hydrogen-bond acceptors (Lipinski definition) is 4. The van der Waals surface area contributed by atoms with Crippen molar-refractivity contribution in [2.24, 2.45) is 5.73 Å². The zero-order valence-corrected chi connectivity index (χ0v) is 12.2. The first-order valence-electron chi connectivity index (χ1n) is 6.52. The standard InChI is InChI=1S/C14H19ClN2O3/c1-17(13(18)14(16)5-7-19-10-14)6-8-20-12-4-2-3-11(15)9-12/h2-4,9H,5-8,10,16H2,1H3. The fraction of sp³-hybridized carbons (Fsp3) is 0.500. The highest BCUT2D eigenvalue weighted by Gasteiger charge is 2.39. The van der Waals surface area contributed by atoms with E-state index in [-0.39, 0.29) is 12.5 Å². The van der Waals surface area contributed by atoms with Crippen molar-refractivity contribution in [3.8, 4) is 5.75 Å².